The first-order valence-corrected chi connectivity index (χ1v) is 5.48. The van der Waals surface area contributed by atoms with Gasteiger partial charge in [-0.05, 0) is 19.3 Å². The molecule has 1 aromatic rings. The second kappa shape index (κ2) is 4.04. The van der Waals surface area contributed by atoms with Crippen LogP contribution in [0.3, 0.4) is 0 Å². The number of aryl methyl sites for hydroxylation is 1. The van der Waals surface area contributed by atoms with E-state index in [2.05, 4.69) is 16.5 Å². The minimum absolute atomic E-state index is 0.129. The number of carboxylic acids is 1. The van der Waals surface area contributed by atoms with Crippen molar-refractivity contribution in [1.29, 1.82) is 0 Å². The minimum Gasteiger partial charge on any atom is -0.481 e. The van der Waals surface area contributed by atoms with Crippen LogP contribution in [0.25, 0.3) is 0 Å². The molecule has 2 rings (SSSR count). The van der Waals surface area contributed by atoms with E-state index in [0.29, 0.717) is 0 Å². The van der Waals surface area contributed by atoms with E-state index in [0.717, 1.165) is 31.6 Å². The molecular weight excluding hydrogens is 192 g/mol. The first-order chi connectivity index (χ1) is 7.24. The van der Waals surface area contributed by atoms with Crippen LogP contribution < -0.4 is 0 Å². The van der Waals surface area contributed by atoms with Gasteiger partial charge in [-0.2, -0.15) is 0 Å². The topological polar surface area (TPSA) is 55.1 Å². The van der Waals surface area contributed by atoms with Crippen LogP contribution in [0.15, 0.2) is 12.4 Å². The number of rotatable bonds is 4. The fourth-order valence-electron chi connectivity index (χ4n) is 2.18. The van der Waals surface area contributed by atoms with Crippen molar-refractivity contribution >= 4 is 5.97 Å². The maximum Gasteiger partial charge on any atom is 0.307 e. The van der Waals surface area contributed by atoms with Crippen LogP contribution in [0.2, 0.25) is 0 Å². The third-order valence-corrected chi connectivity index (χ3v) is 3.14. The lowest BCUT2D eigenvalue weighted by atomic mass is 9.73. The van der Waals surface area contributed by atoms with Gasteiger partial charge in [0.2, 0.25) is 0 Å². The zero-order valence-corrected chi connectivity index (χ0v) is 8.89. The van der Waals surface area contributed by atoms with Crippen LogP contribution in [0.4, 0.5) is 0 Å². The van der Waals surface area contributed by atoms with Gasteiger partial charge in [0.1, 0.15) is 5.82 Å². The van der Waals surface area contributed by atoms with Gasteiger partial charge in [-0.1, -0.05) is 6.92 Å². The maximum atomic E-state index is 10.9. The van der Waals surface area contributed by atoms with E-state index < -0.39 is 5.97 Å². The number of hydrogen-bond donors (Lipinski definition) is 1. The third kappa shape index (κ3) is 1.76. The Bertz CT molecular complexity index is 359. The molecular formula is C11H16N2O2. The van der Waals surface area contributed by atoms with Crippen molar-refractivity contribution < 1.29 is 9.90 Å². The summed E-state index contributed by atoms with van der Waals surface area (Å²) < 4.78 is 2.08. The lowest BCUT2D eigenvalue weighted by molar-refractivity contribution is -0.145. The molecule has 4 nitrogen and oxygen atoms in total. The van der Waals surface area contributed by atoms with Crippen LogP contribution in [0.5, 0.6) is 0 Å². The van der Waals surface area contributed by atoms with Crippen LogP contribution in [-0.2, 0) is 11.3 Å². The number of aliphatic carboxylic acids is 1. The van der Waals surface area contributed by atoms with Crippen LogP contribution in [-0.4, -0.2) is 20.6 Å². The Kier molecular flexibility index (Phi) is 2.75. The van der Waals surface area contributed by atoms with E-state index >= 15 is 0 Å². The van der Waals surface area contributed by atoms with E-state index in [1.807, 2.05) is 6.20 Å². The molecule has 1 aliphatic rings. The largest absolute Gasteiger partial charge is 0.481 e. The molecule has 0 saturated heterocycles. The Hall–Kier alpha value is -1.32. The molecule has 82 valence electrons. The van der Waals surface area contributed by atoms with Crippen molar-refractivity contribution in [3.63, 3.8) is 0 Å². The molecule has 0 radical (unpaired) electrons. The fourth-order valence-corrected chi connectivity index (χ4v) is 2.18. The molecule has 4 heteroatoms. The predicted octanol–water partition coefficient (Wildman–Crippen LogP) is 1.87. The highest BCUT2D eigenvalue weighted by Crippen LogP contribution is 2.41. The van der Waals surface area contributed by atoms with Crippen molar-refractivity contribution in [2.45, 2.75) is 38.6 Å². The number of carboxylic acid groups (broad SMARTS) is 1. The molecule has 1 N–H and O–H groups in total. The Balaban J connectivity index is 2.15. The highest BCUT2D eigenvalue weighted by atomic mass is 16.4. The van der Waals surface area contributed by atoms with Gasteiger partial charge < -0.3 is 9.67 Å². The van der Waals surface area contributed by atoms with Gasteiger partial charge in [0.05, 0.1) is 5.92 Å². The van der Waals surface area contributed by atoms with E-state index in [-0.39, 0.29) is 11.8 Å². The molecule has 1 fully saturated rings. The summed E-state index contributed by atoms with van der Waals surface area (Å²) in [5.74, 6) is 0.180. The smallest absolute Gasteiger partial charge is 0.307 e. The van der Waals surface area contributed by atoms with Gasteiger partial charge >= 0.3 is 5.97 Å². The minimum atomic E-state index is -0.683. The molecule has 1 heterocycles. The first kappa shape index (κ1) is 10.2. The second-order valence-corrected chi connectivity index (χ2v) is 4.11. The highest BCUT2D eigenvalue weighted by molar-refractivity contribution is 5.72. The molecule has 1 aliphatic carbocycles. The number of carbonyl (C=O) groups is 1. The van der Waals surface area contributed by atoms with Gasteiger partial charge in [0.15, 0.2) is 0 Å². The van der Waals surface area contributed by atoms with Crippen molar-refractivity contribution in [2.24, 2.45) is 5.92 Å². The Labute approximate surface area is 88.9 Å². The summed E-state index contributed by atoms with van der Waals surface area (Å²) in [6.45, 7) is 3.04. The van der Waals surface area contributed by atoms with E-state index in [4.69, 9.17) is 5.11 Å². The summed E-state index contributed by atoms with van der Waals surface area (Å²) in [7, 11) is 0. The molecule has 1 saturated carbocycles. The quantitative estimate of drug-likeness (QED) is 0.821. The summed E-state index contributed by atoms with van der Waals surface area (Å²) in [6, 6.07) is 0. The number of nitrogens with zero attached hydrogens (tertiary/aromatic N) is 2. The zero-order valence-electron chi connectivity index (χ0n) is 8.89. The molecule has 2 unspecified atom stereocenters. The maximum absolute atomic E-state index is 10.9. The lowest BCUT2D eigenvalue weighted by Gasteiger charge is -2.33. The highest BCUT2D eigenvalue weighted by Gasteiger charge is 2.39. The van der Waals surface area contributed by atoms with Gasteiger partial charge in [0, 0.05) is 24.9 Å². The van der Waals surface area contributed by atoms with Gasteiger partial charge in [-0.25, -0.2) is 4.98 Å². The third-order valence-electron chi connectivity index (χ3n) is 3.14. The van der Waals surface area contributed by atoms with Crippen molar-refractivity contribution in [1.82, 2.24) is 9.55 Å². The fraction of sp³-hybridized carbons (Fsp3) is 0.636. The predicted molar refractivity (Wildman–Crippen MR) is 55.6 cm³/mol. The molecule has 2 atom stereocenters. The normalized spacial score (nSPS) is 24.9. The summed E-state index contributed by atoms with van der Waals surface area (Å²) in [5.41, 5.74) is 0. The number of imidazole rings is 1. The van der Waals surface area contributed by atoms with Crippen LogP contribution >= 0.6 is 0 Å². The van der Waals surface area contributed by atoms with E-state index in [1.165, 1.54) is 0 Å². The summed E-state index contributed by atoms with van der Waals surface area (Å²) in [4.78, 5) is 15.2. The van der Waals surface area contributed by atoms with E-state index in [9.17, 15) is 4.79 Å². The van der Waals surface area contributed by atoms with Crippen LogP contribution in [0.1, 0.15) is 37.9 Å². The lowest BCUT2D eigenvalue weighted by Crippen LogP contribution is -2.32. The van der Waals surface area contributed by atoms with E-state index in [1.54, 1.807) is 6.20 Å². The first-order valence-electron chi connectivity index (χ1n) is 5.48. The molecule has 0 bridgehead atoms. The molecule has 0 aromatic carbocycles. The second-order valence-electron chi connectivity index (χ2n) is 4.11. The number of hydrogen-bond acceptors (Lipinski definition) is 2. The standard InChI is InChI=1S/C11H16N2O2/c1-2-6-13-7-5-12-10(13)8-3-4-9(8)11(14)15/h5,7-9H,2-4,6H2,1H3,(H,14,15). The molecule has 15 heavy (non-hydrogen) atoms. The summed E-state index contributed by atoms with van der Waals surface area (Å²) in [5, 5.41) is 8.99. The number of aromatic nitrogens is 2. The van der Waals surface area contributed by atoms with Gasteiger partial charge in [-0.15, -0.1) is 0 Å². The Morgan fingerprint density at radius 3 is 3.00 bits per heavy atom. The average molecular weight is 208 g/mol. The van der Waals surface area contributed by atoms with Gasteiger partial charge in [-0.3, -0.25) is 4.79 Å². The Morgan fingerprint density at radius 2 is 2.47 bits per heavy atom. The van der Waals surface area contributed by atoms with Crippen LogP contribution in [0, 0.1) is 5.92 Å². The average Bonchev–Trinajstić information content (AvgIpc) is 2.51. The molecule has 0 spiro atoms. The molecule has 1 aromatic heterocycles. The van der Waals surface area contributed by atoms with Gasteiger partial charge in [0.25, 0.3) is 0 Å². The van der Waals surface area contributed by atoms with Crippen molar-refractivity contribution in [2.75, 3.05) is 0 Å². The SMILES string of the molecule is CCCn1ccnc1C1CCC1C(=O)O. The van der Waals surface area contributed by atoms with Crippen molar-refractivity contribution in [3.8, 4) is 0 Å². The summed E-state index contributed by atoms with van der Waals surface area (Å²) >= 11 is 0. The Morgan fingerprint density at radius 1 is 1.67 bits per heavy atom. The van der Waals surface area contributed by atoms with Crippen molar-refractivity contribution in [3.05, 3.63) is 18.2 Å². The molecule has 0 aliphatic heterocycles. The zero-order chi connectivity index (χ0) is 10.8. The summed E-state index contributed by atoms with van der Waals surface area (Å²) in [6.07, 6.45) is 6.50. The molecule has 0 amide bonds. The monoisotopic (exact) mass is 208 g/mol.